The average molecular weight is 593 g/mol. The second-order valence-electron chi connectivity index (χ2n) is 10.8. The van der Waals surface area contributed by atoms with Gasteiger partial charge in [-0.2, -0.15) is 0 Å². The molecule has 8 rings (SSSR count). The summed E-state index contributed by atoms with van der Waals surface area (Å²) in [7, 11) is 1.46. The summed E-state index contributed by atoms with van der Waals surface area (Å²) < 4.78 is 10.4. The minimum absolute atomic E-state index is 0.174. The Morgan fingerprint density at radius 2 is 1.33 bits per heavy atom. The quantitative estimate of drug-likeness (QED) is 0.233. The molecule has 1 aliphatic heterocycles. The Bertz CT molecular complexity index is 1700. The van der Waals surface area contributed by atoms with Crippen LogP contribution in [0.2, 0.25) is 5.02 Å². The minimum atomic E-state index is -0.726. The van der Waals surface area contributed by atoms with Gasteiger partial charge in [-0.25, -0.2) is 9.69 Å². The molecule has 0 aromatic heterocycles. The summed E-state index contributed by atoms with van der Waals surface area (Å²) in [6.07, 6.45) is 0. The van der Waals surface area contributed by atoms with Crippen LogP contribution in [-0.4, -0.2) is 37.4 Å². The monoisotopic (exact) mass is 592 g/mol. The van der Waals surface area contributed by atoms with Gasteiger partial charge in [0.15, 0.2) is 6.61 Å². The number of methoxy groups -OCH3 is 1. The molecule has 3 amide bonds. The zero-order chi connectivity index (χ0) is 29.8. The highest BCUT2D eigenvalue weighted by Crippen LogP contribution is 2.61. The second-order valence-corrected chi connectivity index (χ2v) is 11.2. The molecule has 0 unspecified atom stereocenters. The van der Waals surface area contributed by atoms with Crippen LogP contribution in [0.15, 0.2) is 91.0 Å². The lowest BCUT2D eigenvalue weighted by Crippen LogP contribution is -2.41. The number of carbonyl (C=O) groups excluding carboxylic acids is 4. The van der Waals surface area contributed by atoms with E-state index in [0.717, 1.165) is 22.3 Å². The largest absolute Gasteiger partial charge is 0.495 e. The van der Waals surface area contributed by atoms with Gasteiger partial charge >= 0.3 is 5.97 Å². The third-order valence-electron chi connectivity index (χ3n) is 8.58. The molecule has 3 aliphatic carbocycles. The SMILES string of the molecule is COc1ccc(Cl)cc1NC(=O)COC(=O)c1ccc(N2C(=O)[C@@H]3C4c5ccccc5C(c5ccccc54)[C@H]3C2=O)cc1. The summed E-state index contributed by atoms with van der Waals surface area (Å²) in [5.74, 6) is -2.75. The van der Waals surface area contributed by atoms with E-state index in [0.29, 0.717) is 22.1 Å². The van der Waals surface area contributed by atoms with E-state index in [2.05, 4.69) is 29.6 Å². The van der Waals surface area contributed by atoms with E-state index in [9.17, 15) is 19.2 Å². The number of anilines is 2. The van der Waals surface area contributed by atoms with Crippen molar-refractivity contribution in [2.45, 2.75) is 11.8 Å². The highest BCUT2D eigenvalue weighted by Gasteiger charge is 2.61. The number of imide groups is 1. The van der Waals surface area contributed by atoms with Gasteiger partial charge in [-0.05, 0) is 64.7 Å². The molecule has 0 radical (unpaired) electrons. The van der Waals surface area contributed by atoms with Gasteiger partial charge in [0, 0.05) is 16.9 Å². The molecule has 1 heterocycles. The van der Waals surface area contributed by atoms with E-state index in [1.165, 1.54) is 30.2 Å². The third kappa shape index (κ3) is 4.29. The van der Waals surface area contributed by atoms with Crippen LogP contribution in [-0.2, 0) is 19.1 Å². The highest BCUT2D eigenvalue weighted by atomic mass is 35.5. The Kier molecular flexibility index (Phi) is 6.51. The molecule has 2 atom stereocenters. The first-order valence-corrected chi connectivity index (χ1v) is 14.2. The number of benzene rings is 4. The number of ether oxygens (including phenoxy) is 2. The summed E-state index contributed by atoms with van der Waals surface area (Å²) >= 11 is 6.00. The summed E-state index contributed by atoms with van der Waals surface area (Å²) in [5, 5.41) is 3.01. The number of amides is 3. The van der Waals surface area contributed by atoms with E-state index in [1.54, 1.807) is 24.3 Å². The van der Waals surface area contributed by atoms with E-state index in [-0.39, 0.29) is 29.2 Å². The zero-order valence-corrected chi connectivity index (χ0v) is 23.7. The predicted octanol–water partition coefficient (Wildman–Crippen LogP) is 5.54. The maximum absolute atomic E-state index is 13.9. The first-order chi connectivity index (χ1) is 20.9. The Balaban J connectivity index is 1.08. The van der Waals surface area contributed by atoms with Crippen molar-refractivity contribution in [3.05, 3.63) is 124 Å². The fraction of sp³-hybridized carbons (Fsp3) is 0.176. The van der Waals surface area contributed by atoms with E-state index < -0.39 is 30.3 Å². The second kappa shape index (κ2) is 10.4. The van der Waals surface area contributed by atoms with E-state index in [1.807, 2.05) is 24.3 Å². The molecule has 1 saturated heterocycles. The van der Waals surface area contributed by atoms with Crippen LogP contribution < -0.4 is 15.0 Å². The molecule has 4 aromatic carbocycles. The maximum Gasteiger partial charge on any atom is 0.338 e. The molecule has 1 N–H and O–H groups in total. The molecule has 2 bridgehead atoms. The topological polar surface area (TPSA) is 102 Å². The summed E-state index contributed by atoms with van der Waals surface area (Å²) in [4.78, 5) is 54.2. The van der Waals surface area contributed by atoms with Crippen LogP contribution in [0.4, 0.5) is 11.4 Å². The predicted molar refractivity (Wildman–Crippen MR) is 159 cm³/mol. The normalized spacial score (nSPS) is 21.1. The van der Waals surface area contributed by atoms with Crippen LogP contribution >= 0.6 is 11.6 Å². The van der Waals surface area contributed by atoms with Gasteiger partial charge in [0.05, 0.1) is 35.9 Å². The Labute approximate surface area is 252 Å². The molecule has 1 fully saturated rings. The van der Waals surface area contributed by atoms with Crippen molar-refractivity contribution < 1.29 is 28.7 Å². The molecule has 214 valence electrons. The number of halogens is 1. The van der Waals surface area contributed by atoms with Crippen molar-refractivity contribution in [3.8, 4) is 5.75 Å². The van der Waals surface area contributed by atoms with Crippen LogP contribution in [0, 0.1) is 11.8 Å². The zero-order valence-electron chi connectivity index (χ0n) is 23.0. The number of hydrogen-bond acceptors (Lipinski definition) is 6. The van der Waals surface area contributed by atoms with Crippen LogP contribution in [0.1, 0.15) is 44.4 Å². The number of esters is 1. The van der Waals surface area contributed by atoms with Crippen molar-refractivity contribution in [3.63, 3.8) is 0 Å². The lowest BCUT2D eigenvalue weighted by atomic mass is 9.55. The Morgan fingerprint density at radius 1 is 0.791 bits per heavy atom. The first-order valence-electron chi connectivity index (χ1n) is 13.8. The van der Waals surface area contributed by atoms with Crippen molar-refractivity contribution in [2.24, 2.45) is 11.8 Å². The Hall–Kier alpha value is -4.95. The standard InChI is InChI=1S/C34H25ClN2O6/c1-42-26-15-12-19(35)16-25(26)36-27(38)17-43-34(41)18-10-13-20(14-11-18)37-32(39)30-28-21-6-2-3-7-22(21)29(31(30)33(37)40)24-9-5-4-8-23(24)28/h2-16,28-31H,17H2,1H3,(H,36,38)/t28?,29?,30-,31-/m1/s1. The molecular formula is C34H25ClN2O6. The maximum atomic E-state index is 13.9. The van der Waals surface area contributed by atoms with Crippen LogP contribution in [0.3, 0.4) is 0 Å². The van der Waals surface area contributed by atoms with Crippen molar-refractivity contribution in [1.29, 1.82) is 0 Å². The van der Waals surface area contributed by atoms with Gasteiger partial charge in [-0.3, -0.25) is 14.4 Å². The average Bonchev–Trinajstić information content (AvgIpc) is 3.30. The van der Waals surface area contributed by atoms with Gasteiger partial charge in [-0.1, -0.05) is 60.1 Å². The van der Waals surface area contributed by atoms with Crippen molar-refractivity contribution in [2.75, 3.05) is 23.9 Å². The van der Waals surface area contributed by atoms with Gasteiger partial charge in [0.2, 0.25) is 11.8 Å². The molecular weight excluding hydrogens is 568 g/mol. The van der Waals surface area contributed by atoms with Crippen molar-refractivity contribution in [1.82, 2.24) is 0 Å². The van der Waals surface area contributed by atoms with E-state index in [4.69, 9.17) is 21.1 Å². The summed E-state index contributed by atoms with van der Waals surface area (Å²) in [6, 6.07) is 27.0. The summed E-state index contributed by atoms with van der Waals surface area (Å²) in [5.41, 5.74) is 5.32. The van der Waals surface area contributed by atoms with Gasteiger partial charge in [-0.15, -0.1) is 0 Å². The van der Waals surface area contributed by atoms with Gasteiger partial charge in [0.25, 0.3) is 5.91 Å². The Morgan fingerprint density at radius 3 is 1.84 bits per heavy atom. The molecule has 0 saturated carbocycles. The fourth-order valence-corrected chi connectivity index (χ4v) is 7.03. The number of nitrogens with zero attached hydrogens (tertiary/aromatic N) is 1. The number of hydrogen-bond donors (Lipinski definition) is 1. The minimum Gasteiger partial charge on any atom is -0.495 e. The number of rotatable bonds is 6. The molecule has 4 aliphatic rings. The molecule has 8 nitrogen and oxygen atoms in total. The van der Waals surface area contributed by atoms with Crippen molar-refractivity contribution >= 4 is 46.7 Å². The number of nitrogens with one attached hydrogen (secondary N) is 1. The van der Waals surface area contributed by atoms with Crippen LogP contribution in [0.25, 0.3) is 0 Å². The first kappa shape index (κ1) is 26.9. The smallest absolute Gasteiger partial charge is 0.338 e. The van der Waals surface area contributed by atoms with Crippen LogP contribution in [0.5, 0.6) is 5.75 Å². The van der Waals surface area contributed by atoms with Gasteiger partial charge < -0.3 is 14.8 Å². The lowest BCUT2D eigenvalue weighted by Gasteiger charge is -2.45. The highest BCUT2D eigenvalue weighted by molar-refractivity contribution is 6.31. The fourth-order valence-electron chi connectivity index (χ4n) is 6.86. The molecule has 9 heteroatoms. The van der Waals surface area contributed by atoms with E-state index >= 15 is 0 Å². The third-order valence-corrected chi connectivity index (χ3v) is 8.81. The lowest BCUT2D eigenvalue weighted by molar-refractivity contribution is -0.122. The molecule has 43 heavy (non-hydrogen) atoms. The summed E-state index contributed by atoms with van der Waals surface area (Å²) in [6.45, 7) is -0.535. The molecule has 0 spiro atoms. The van der Waals surface area contributed by atoms with Gasteiger partial charge in [0.1, 0.15) is 5.75 Å². The number of carbonyl (C=O) groups is 4. The molecule has 4 aromatic rings.